The lowest BCUT2D eigenvalue weighted by Crippen LogP contribution is -2.44. The van der Waals surface area contributed by atoms with Gasteiger partial charge < -0.3 is 15.8 Å². The molecule has 0 aliphatic carbocycles. The quantitative estimate of drug-likeness (QED) is 0.876. The van der Waals surface area contributed by atoms with E-state index in [2.05, 4.69) is 31.2 Å². The number of hydrogen-bond acceptors (Lipinski definition) is 4. The second kappa shape index (κ2) is 8.13. The van der Waals surface area contributed by atoms with Crippen molar-refractivity contribution in [3.05, 3.63) is 11.8 Å². The average molecular weight is 345 g/mol. The Kier molecular flexibility index (Phi) is 7.04. The van der Waals surface area contributed by atoms with Crippen LogP contribution in [0.1, 0.15) is 39.3 Å². The van der Waals surface area contributed by atoms with Crippen molar-refractivity contribution in [2.45, 2.75) is 46.1 Å². The third kappa shape index (κ3) is 5.79. The summed E-state index contributed by atoms with van der Waals surface area (Å²) >= 11 is 0. The monoisotopic (exact) mass is 344 g/mol. The number of nitrogens with zero attached hydrogens (tertiary/aromatic N) is 2. The van der Waals surface area contributed by atoms with E-state index < -0.39 is 6.04 Å². The third-order valence-electron chi connectivity index (χ3n) is 3.97. The Balaban J connectivity index is 0.00000264. The number of nitrogens with two attached hydrogens (primary N) is 1. The van der Waals surface area contributed by atoms with Crippen molar-refractivity contribution in [2.24, 2.45) is 24.1 Å². The van der Waals surface area contributed by atoms with Crippen molar-refractivity contribution >= 4 is 24.1 Å². The molecule has 132 valence electrons. The van der Waals surface area contributed by atoms with E-state index in [0.29, 0.717) is 19.0 Å². The summed E-state index contributed by atoms with van der Waals surface area (Å²) in [6.45, 7) is 7.88. The molecule has 1 saturated heterocycles. The maximum atomic E-state index is 12.3. The molecule has 6 nitrogen and oxygen atoms in total. The van der Waals surface area contributed by atoms with Gasteiger partial charge in [0.1, 0.15) is 5.82 Å². The molecule has 3 N–H and O–H groups in total. The van der Waals surface area contributed by atoms with Gasteiger partial charge in [-0.2, -0.15) is 5.10 Å². The fourth-order valence-electron chi connectivity index (χ4n) is 2.77. The topological polar surface area (TPSA) is 82.2 Å². The molecule has 0 bridgehead atoms. The van der Waals surface area contributed by atoms with Crippen LogP contribution < -0.4 is 11.1 Å². The van der Waals surface area contributed by atoms with Gasteiger partial charge in [-0.05, 0) is 30.6 Å². The minimum Gasteiger partial charge on any atom is -0.381 e. The zero-order chi connectivity index (χ0) is 16.3. The van der Waals surface area contributed by atoms with Crippen LogP contribution in [0.3, 0.4) is 0 Å². The molecule has 1 atom stereocenters. The number of carbonyl (C=O) groups excluding carboxylic acids is 1. The smallest absolute Gasteiger partial charge is 0.242 e. The van der Waals surface area contributed by atoms with Gasteiger partial charge in [0.05, 0.1) is 11.7 Å². The van der Waals surface area contributed by atoms with Crippen molar-refractivity contribution in [3.63, 3.8) is 0 Å². The molecule has 0 radical (unpaired) electrons. The predicted octanol–water partition coefficient (Wildman–Crippen LogP) is 2.12. The minimum atomic E-state index is -0.495. The second-order valence-electron chi connectivity index (χ2n) is 7.35. The number of anilines is 1. The summed E-state index contributed by atoms with van der Waals surface area (Å²) in [7, 11) is 1.84. The van der Waals surface area contributed by atoms with Crippen molar-refractivity contribution in [1.82, 2.24) is 9.78 Å². The van der Waals surface area contributed by atoms with E-state index in [9.17, 15) is 4.79 Å². The van der Waals surface area contributed by atoms with E-state index in [1.54, 1.807) is 4.68 Å². The van der Waals surface area contributed by atoms with E-state index in [-0.39, 0.29) is 29.6 Å². The molecule has 0 saturated carbocycles. The summed E-state index contributed by atoms with van der Waals surface area (Å²) in [5.41, 5.74) is 7.24. The van der Waals surface area contributed by atoms with E-state index >= 15 is 0 Å². The first kappa shape index (κ1) is 19.9. The number of rotatable bonds is 4. The van der Waals surface area contributed by atoms with Gasteiger partial charge in [0.15, 0.2) is 0 Å². The van der Waals surface area contributed by atoms with Crippen LogP contribution in [-0.4, -0.2) is 34.9 Å². The van der Waals surface area contributed by atoms with Crippen LogP contribution in [0, 0.1) is 11.3 Å². The molecule has 1 aromatic heterocycles. The van der Waals surface area contributed by atoms with Crippen molar-refractivity contribution in [1.29, 1.82) is 0 Å². The molecule has 1 aliphatic rings. The summed E-state index contributed by atoms with van der Waals surface area (Å²) in [4.78, 5) is 12.3. The van der Waals surface area contributed by atoms with Gasteiger partial charge >= 0.3 is 0 Å². The van der Waals surface area contributed by atoms with E-state index in [4.69, 9.17) is 10.5 Å². The Morgan fingerprint density at radius 3 is 2.65 bits per heavy atom. The Bertz CT molecular complexity index is 519. The molecule has 0 aromatic carbocycles. The molecule has 1 unspecified atom stereocenters. The van der Waals surface area contributed by atoms with Gasteiger partial charge in [-0.15, -0.1) is 12.4 Å². The van der Waals surface area contributed by atoms with Crippen LogP contribution in [0.2, 0.25) is 0 Å². The molecule has 0 spiro atoms. The molecular weight excluding hydrogens is 316 g/mol. The van der Waals surface area contributed by atoms with Gasteiger partial charge in [0.2, 0.25) is 5.91 Å². The highest BCUT2D eigenvalue weighted by Gasteiger charge is 2.27. The van der Waals surface area contributed by atoms with Gasteiger partial charge in [0, 0.05) is 26.3 Å². The molecule has 1 aliphatic heterocycles. The molecule has 7 heteroatoms. The fourth-order valence-corrected chi connectivity index (χ4v) is 2.77. The lowest BCUT2D eigenvalue weighted by molar-refractivity contribution is -0.119. The highest BCUT2D eigenvalue weighted by molar-refractivity contribution is 5.94. The van der Waals surface area contributed by atoms with Gasteiger partial charge in [-0.25, -0.2) is 0 Å². The molecule has 1 aromatic rings. The molecule has 2 heterocycles. The Hall–Kier alpha value is -1.11. The van der Waals surface area contributed by atoms with Gasteiger partial charge in [-0.1, -0.05) is 20.8 Å². The van der Waals surface area contributed by atoms with Crippen LogP contribution in [0.5, 0.6) is 0 Å². The van der Waals surface area contributed by atoms with Crippen LogP contribution in [-0.2, 0) is 23.0 Å². The number of ether oxygens (including phenoxy) is 1. The lowest BCUT2D eigenvalue weighted by atomic mass is 9.90. The molecule has 2 rings (SSSR count). The number of amides is 1. The lowest BCUT2D eigenvalue weighted by Gasteiger charge is -2.26. The highest BCUT2D eigenvalue weighted by Crippen LogP contribution is 2.22. The normalized spacial score (nSPS) is 17.4. The van der Waals surface area contributed by atoms with Crippen LogP contribution in [0.25, 0.3) is 0 Å². The summed E-state index contributed by atoms with van der Waals surface area (Å²) < 4.78 is 7.02. The number of carbonyl (C=O) groups is 1. The Morgan fingerprint density at radius 1 is 1.48 bits per heavy atom. The van der Waals surface area contributed by atoms with Gasteiger partial charge in [-0.3, -0.25) is 9.48 Å². The van der Waals surface area contributed by atoms with Crippen molar-refractivity contribution < 1.29 is 9.53 Å². The van der Waals surface area contributed by atoms with E-state index in [0.717, 1.165) is 25.0 Å². The first-order chi connectivity index (χ1) is 10.3. The fraction of sp³-hybridized carbons (Fsp3) is 0.750. The summed E-state index contributed by atoms with van der Waals surface area (Å²) in [5, 5.41) is 7.37. The SMILES string of the molecule is Cl.Cn1nc(CC(C)(C)C)cc1NC(=O)C(N)C1CCOCC1. The first-order valence-electron chi connectivity index (χ1n) is 7.93. The van der Waals surface area contributed by atoms with Crippen LogP contribution in [0.4, 0.5) is 5.82 Å². The summed E-state index contributed by atoms with van der Waals surface area (Å²) in [6, 6.07) is 1.43. The Labute approximate surface area is 144 Å². The predicted molar refractivity (Wildman–Crippen MR) is 93.8 cm³/mol. The first-order valence-corrected chi connectivity index (χ1v) is 7.93. The highest BCUT2D eigenvalue weighted by atomic mass is 35.5. The van der Waals surface area contributed by atoms with Crippen molar-refractivity contribution in [2.75, 3.05) is 18.5 Å². The van der Waals surface area contributed by atoms with Crippen LogP contribution in [0.15, 0.2) is 6.07 Å². The summed E-state index contributed by atoms with van der Waals surface area (Å²) in [6.07, 6.45) is 2.55. The molecule has 1 amide bonds. The average Bonchev–Trinajstić information content (AvgIpc) is 2.76. The number of aryl methyl sites for hydroxylation is 1. The van der Waals surface area contributed by atoms with E-state index in [1.807, 2.05) is 13.1 Å². The largest absolute Gasteiger partial charge is 0.381 e. The number of halogens is 1. The van der Waals surface area contributed by atoms with E-state index in [1.165, 1.54) is 0 Å². The van der Waals surface area contributed by atoms with Crippen LogP contribution >= 0.6 is 12.4 Å². The standard InChI is InChI=1S/C16H28N4O2.ClH/c1-16(2,3)10-12-9-13(20(4)19-12)18-15(21)14(17)11-5-7-22-8-6-11;/h9,11,14H,5-8,10,17H2,1-4H3,(H,18,21);1H. The minimum absolute atomic E-state index is 0. The number of hydrogen-bond donors (Lipinski definition) is 2. The zero-order valence-electron chi connectivity index (χ0n) is 14.5. The maximum Gasteiger partial charge on any atom is 0.242 e. The number of aromatic nitrogens is 2. The summed E-state index contributed by atoms with van der Waals surface area (Å²) in [5.74, 6) is 0.750. The van der Waals surface area contributed by atoms with Crippen molar-refractivity contribution in [3.8, 4) is 0 Å². The molecule has 23 heavy (non-hydrogen) atoms. The Morgan fingerprint density at radius 2 is 2.09 bits per heavy atom. The number of nitrogens with one attached hydrogen (secondary N) is 1. The molecular formula is C16H29ClN4O2. The third-order valence-corrected chi connectivity index (χ3v) is 3.97. The van der Waals surface area contributed by atoms with Gasteiger partial charge in [0.25, 0.3) is 0 Å². The maximum absolute atomic E-state index is 12.3. The molecule has 1 fully saturated rings. The zero-order valence-corrected chi connectivity index (χ0v) is 15.3. The second-order valence-corrected chi connectivity index (χ2v) is 7.35.